The van der Waals surface area contributed by atoms with E-state index in [1.807, 2.05) is 0 Å². The first-order valence-corrected chi connectivity index (χ1v) is 3.50. The molecule has 0 amide bonds. The topological polar surface area (TPSA) is 76.0 Å². The van der Waals surface area contributed by atoms with E-state index in [4.69, 9.17) is 5.11 Å². The molecule has 0 heterocycles. The molecule has 0 aromatic rings. The minimum Gasteiger partial charge on any atom is -0.480 e. The second-order valence-corrected chi connectivity index (χ2v) is 2.04. The van der Waals surface area contributed by atoms with Gasteiger partial charge >= 0.3 is 11.9 Å². The molecular weight excluding hydrogens is 162 g/mol. The Hall–Kier alpha value is -1.39. The lowest BCUT2D eigenvalue weighted by Gasteiger charge is -1.97. The summed E-state index contributed by atoms with van der Waals surface area (Å²) in [6.07, 6.45) is 0.877. The van der Waals surface area contributed by atoms with E-state index in [-0.39, 0.29) is 6.61 Å². The van der Waals surface area contributed by atoms with Gasteiger partial charge in [0, 0.05) is 0 Å². The number of carbonyl (C=O) groups is 2. The second kappa shape index (κ2) is 5.29. The Morgan fingerprint density at radius 3 is 2.67 bits per heavy atom. The lowest BCUT2D eigenvalue weighted by molar-refractivity contribution is -0.137. The van der Waals surface area contributed by atoms with Crippen molar-refractivity contribution in [1.82, 2.24) is 0 Å². The Balaban J connectivity index is 3.89. The van der Waals surface area contributed by atoms with Crippen LogP contribution in [0.5, 0.6) is 0 Å². The van der Waals surface area contributed by atoms with Crippen LogP contribution in [0.3, 0.4) is 0 Å². The van der Waals surface area contributed by atoms with Gasteiger partial charge in [-0.25, -0.2) is 9.59 Å². The molecule has 0 radical (unpaired) electrons. The Morgan fingerprint density at radius 2 is 2.25 bits per heavy atom. The van der Waals surface area contributed by atoms with Crippen molar-refractivity contribution in [3.63, 3.8) is 0 Å². The first-order valence-electron chi connectivity index (χ1n) is 3.50. The van der Waals surface area contributed by atoms with E-state index < -0.39 is 18.0 Å². The van der Waals surface area contributed by atoms with Crippen LogP contribution in [-0.2, 0) is 14.3 Å². The van der Waals surface area contributed by atoms with E-state index in [0.717, 1.165) is 6.21 Å². The summed E-state index contributed by atoms with van der Waals surface area (Å²) in [4.78, 5) is 24.3. The highest BCUT2D eigenvalue weighted by molar-refractivity contribution is 6.23. The number of nitrogens with zero attached hydrogens (tertiary/aromatic N) is 1. The molecule has 5 nitrogen and oxygen atoms in total. The maximum absolute atomic E-state index is 10.6. The molecule has 0 spiro atoms. The number of rotatable bonds is 4. The normalized spacial score (nSPS) is 12.8. The summed E-state index contributed by atoms with van der Waals surface area (Å²) in [5, 5.41) is 8.36. The summed E-state index contributed by atoms with van der Waals surface area (Å²) in [7, 11) is 0. The number of ether oxygens (including phenoxy) is 1. The first kappa shape index (κ1) is 10.6. The number of carbonyl (C=O) groups excluding carboxylic acids is 1. The summed E-state index contributed by atoms with van der Waals surface area (Å²) in [5.74, 6) is -1.69. The molecule has 0 bridgehead atoms. The van der Waals surface area contributed by atoms with Gasteiger partial charge in [-0.05, 0) is 13.8 Å². The van der Waals surface area contributed by atoms with Gasteiger partial charge in [0.05, 0.1) is 6.61 Å². The van der Waals surface area contributed by atoms with E-state index in [1.54, 1.807) is 6.92 Å². The number of aliphatic carboxylic acids is 1. The monoisotopic (exact) mass is 173 g/mol. The summed E-state index contributed by atoms with van der Waals surface area (Å²) in [5.41, 5.74) is 0. The molecule has 0 aromatic heterocycles. The molecule has 0 unspecified atom stereocenters. The fourth-order valence-corrected chi connectivity index (χ4v) is 0.416. The molecule has 1 atom stereocenters. The molecule has 12 heavy (non-hydrogen) atoms. The van der Waals surface area contributed by atoms with Gasteiger partial charge in [0.1, 0.15) is 12.3 Å². The van der Waals surface area contributed by atoms with Crippen molar-refractivity contribution in [3.05, 3.63) is 0 Å². The molecule has 1 N–H and O–H groups in total. The van der Waals surface area contributed by atoms with Crippen LogP contribution in [0.2, 0.25) is 0 Å². The van der Waals surface area contributed by atoms with Crippen LogP contribution in [0.4, 0.5) is 0 Å². The average Bonchev–Trinajstić information content (AvgIpc) is 2.00. The van der Waals surface area contributed by atoms with Crippen molar-refractivity contribution < 1.29 is 19.4 Å². The van der Waals surface area contributed by atoms with Crippen molar-refractivity contribution in [2.24, 2.45) is 4.99 Å². The van der Waals surface area contributed by atoms with Gasteiger partial charge in [0.25, 0.3) is 0 Å². The molecule has 5 heteroatoms. The third-order valence-electron chi connectivity index (χ3n) is 1.05. The highest BCUT2D eigenvalue weighted by Crippen LogP contribution is 1.87. The molecule has 0 saturated heterocycles. The van der Waals surface area contributed by atoms with Gasteiger partial charge in [0.2, 0.25) is 0 Å². The van der Waals surface area contributed by atoms with Crippen molar-refractivity contribution in [2.45, 2.75) is 19.9 Å². The Kier molecular flexibility index (Phi) is 4.67. The van der Waals surface area contributed by atoms with Crippen molar-refractivity contribution >= 4 is 18.2 Å². The minimum atomic E-state index is -1.07. The number of hydrogen-bond acceptors (Lipinski definition) is 4. The van der Waals surface area contributed by atoms with Crippen LogP contribution in [0.25, 0.3) is 0 Å². The quantitative estimate of drug-likeness (QED) is 0.483. The van der Waals surface area contributed by atoms with Crippen LogP contribution in [0.1, 0.15) is 13.8 Å². The Bertz CT molecular complexity index is 200. The second-order valence-electron chi connectivity index (χ2n) is 2.04. The van der Waals surface area contributed by atoms with Crippen LogP contribution in [-0.4, -0.2) is 35.9 Å². The van der Waals surface area contributed by atoms with E-state index in [9.17, 15) is 9.59 Å². The molecule has 0 aliphatic rings. The average molecular weight is 173 g/mol. The zero-order valence-corrected chi connectivity index (χ0v) is 6.98. The number of carboxylic acid groups (broad SMARTS) is 1. The molecule has 68 valence electrons. The minimum absolute atomic E-state index is 0.256. The molecule has 0 saturated carbocycles. The Labute approximate surface area is 70.1 Å². The van der Waals surface area contributed by atoms with Crippen molar-refractivity contribution in [2.75, 3.05) is 6.61 Å². The molecule has 0 fully saturated rings. The molecule has 0 rings (SSSR count). The number of esters is 1. The highest BCUT2D eigenvalue weighted by Gasteiger charge is 2.07. The smallest absolute Gasteiger partial charge is 0.348 e. The summed E-state index contributed by atoms with van der Waals surface area (Å²) >= 11 is 0. The van der Waals surface area contributed by atoms with Crippen molar-refractivity contribution in [1.29, 1.82) is 0 Å². The predicted octanol–water partition coefficient (Wildman–Crippen LogP) is 0.0934. The van der Waals surface area contributed by atoms with Gasteiger partial charge < -0.3 is 9.84 Å². The number of aliphatic imine (C=N–C) groups is 1. The maximum atomic E-state index is 10.6. The summed E-state index contributed by atoms with van der Waals surface area (Å²) < 4.78 is 4.49. The van der Waals surface area contributed by atoms with Crippen molar-refractivity contribution in [3.8, 4) is 0 Å². The zero-order valence-electron chi connectivity index (χ0n) is 6.98. The fourth-order valence-electron chi connectivity index (χ4n) is 0.416. The van der Waals surface area contributed by atoms with E-state index in [1.165, 1.54) is 6.92 Å². The molecular formula is C7H11NO4. The van der Waals surface area contributed by atoms with Crippen LogP contribution in [0.15, 0.2) is 4.99 Å². The number of carboxylic acids is 1. The summed E-state index contributed by atoms with van der Waals surface area (Å²) in [6, 6.07) is -0.908. The maximum Gasteiger partial charge on any atom is 0.348 e. The zero-order chi connectivity index (χ0) is 9.56. The lowest BCUT2D eigenvalue weighted by Crippen LogP contribution is -2.15. The predicted molar refractivity (Wildman–Crippen MR) is 42.2 cm³/mol. The molecule has 0 aliphatic heterocycles. The van der Waals surface area contributed by atoms with Gasteiger partial charge in [-0.3, -0.25) is 4.99 Å². The SMILES string of the molecule is CCOC(=O)/C=N/[C@@H](C)C(=O)O. The fraction of sp³-hybridized carbons (Fsp3) is 0.571. The van der Waals surface area contributed by atoms with Gasteiger partial charge in [-0.1, -0.05) is 0 Å². The van der Waals surface area contributed by atoms with Crippen LogP contribution in [0, 0.1) is 0 Å². The van der Waals surface area contributed by atoms with Gasteiger partial charge in [0.15, 0.2) is 0 Å². The lowest BCUT2D eigenvalue weighted by atomic mass is 10.4. The first-order chi connectivity index (χ1) is 5.57. The van der Waals surface area contributed by atoms with Gasteiger partial charge in [-0.15, -0.1) is 0 Å². The largest absolute Gasteiger partial charge is 0.480 e. The van der Waals surface area contributed by atoms with Gasteiger partial charge in [-0.2, -0.15) is 0 Å². The molecule has 0 aliphatic carbocycles. The highest BCUT2D eigenvalue weighted by atomic mass is 16.5. The van der Waals surface area contributed by atoms with Crippen LogP contribution < -0.4 is 0 Å². The van der Waals surface area contributed by atoms with E-state index in [2.05, 4.69) is 9.73 Å². The van der Waals surface area contributed by atoms with E-state index >= 15 is 0 Å². The third kappa shape index (κ3) is 4.43. The summed E-state index contributed by atoms with van der Waals surface area (Å²) in [6.45, 7) is 3.29. The number of hydrogen-bond donors (Lipinski definition) is 1. The molecule has 0 aromatic carbocycles. The third-order valence-corrected chi connectivity index (χ3v) is 1.05. The Morgan fingerprint density at radius 1 is 1.67 bits per heavy atom. The van der Waals surface area contributed by atoms with Crippen LogP contribution >= 0.6 is 0 Å². The standard InChI is InChI=1S/C7H11NO4/c1-3-12-6(9)4-8-5(2)7(10)11/h4-5H,3H2,1-2H3,(H,10,11)/b8-4+/t5-/m0/s1. The van der Waals surface area contributed by atoms with E-state index in [0.29, 0.717) is 0 Å².